The SMILES string of the molecule is O=C(NC[C@@H](c1cccnc1)S(=O)(=O)c1cccs1)c1ccccc1Cl. The van der Waals surface area contributed by atoms with Gasteiger partial charge in [0, 0.05) is 18.9 Å². The third-order valence-corrected chi connectivity index (χ3v) is 7.63. The molecule has 5 nitrogen and oxygen atoms in total. The maximum absolute atomic E-state index is 13.0. The zero-order valence-electron chi connectivity index (χ0n) is 13.5. The maximum Gasteiger partial charge on any atom is 0.252 e. The van der Waals surface area contributed by atoms with Gasteiger partial charge >= 0.3 is 0 Å². The van der Waals surface area contributed by atoms with E-state index in [1.165, 1.54) is 6.20 Å². The third-order valence-electron chi connectivity index (χ3n) is 3.77. The Balaban J connectivity index is 1.88. The van der Waals surface area contributed by atoms with E-state index in [1.807, 2.05) is 0 Å². The molecule has 0 aliphatic rings. The lowest BCUT2D eigenvalue weighted by molar-refractivity contribution is 0.0954. The zero-order chi connectivity index (χ0) is 18.6. The van der Waals surface area contributed by atoms with E-state index in [0.717, 1.165) is 11.3 Å². The minimum absolute atomic E-state index is 0.0873. The number of benzene rings is 1. The number of carbonyl (C=O) groups is 1. The van der Waals surface area contributed by atoms with Crippen molar-refractivity contribution in [3.05, 3.63) is 82.5 Å². The van der Waals surface area contributed by atoms with Crippen LogP contribution in [0.3, 0.4) is 0 Å². The summed E-state index contributed by atoms with van der Waals surface area (Å²) >= 11 is 7.18. The summed E-state index contributed by atoms with van der Waals surface area (Å²) in [6.45, 7) is -0.0873. The molecule has 0 aliphatic carbocycles. The van der Waals surface area contributed by atoms with Crippen molar-refractivity contribution >= 4 is 38.7 Å². The van der Waals surface area contributed by atoms with Crippen molar-refractivity contribution in [1.82, 2.24) is 10.3 Å². The summed E-state index contributed by atoms with van der Waals surface area (Å²) < 4.78 is 26.3. The van der Waals surface area contributed by atoms with E-state index >= 15 is 0 Å². The number of sulfone groups is 1. The monoisotopic (exact) mass is 406 g/mol. The molecule has 8 heteroatoms. The molecule has 1 atom stereocenters. The van der Waals surface area contributed by atoms with Gasteiger partial charge in [-0.25, -0.2) is 8.42 Å². The van der Waals surface area contributed by atoms with Crippen LogP contribution in [-0.4, -0.2) is 25.9 Å². The van der Waals surface area contributed by atoms with Gasteiger partial charge in [-0.1, -0.05) is 35.9 Å². The molecule has 0 radical (unpaired) electrons. The summed E-state index contributed by atoms with van der Waals surface area (Å²) in [4.78, 5) is 16.4. The Labute approximate surface area is 160 Å². The molecule has 0 unspecified atom stereocenters. The van der Waals surface area contributed by atoms with Crippen molar-refractivity contribution in [2.24, 2.45) is 0 Å². The second kappa shape index (κ2) is 7.99. The van der Waals surface area contributed by atoms with Gasteiger partial charge in [0.05, 0.1) is 10.6 Å². The number of nitrogens with one attached hydrogen (secondary N) is 1. The smallest absolute Gasteiger partial charge is 0.252 e. The second-order valence-corrected chi connectivity index (χ2v) is 9.15. The Bertz CT molecular complexity index is 990. The van der Waals surface area contributed by atoms with Crippen molar-refractivity contribution in [1.29, 1.82) is 0 Å². The summed E-state index contributed by atoms with van der Waals surface area (Å²) in [6, 6.07) is 13.2. The van der Waals surface area contributed by atoms with Gasteiger partial charge < -0.3 is 5.32 Å². The second-order valence-electron chi connectivity index (χ2n) is 5.44. The van der Waals surface area contributed by atoms with Crippen LogP contribution in [0.2, 0.25) is 5.02 Å². The summed E-state index contributed by atoms with van der Waals surface area (Å²) in [5.41, 5.74) is 0.813. The number of hydrogen-bond donors (Lipinski definition) is 1. The number of amides is 1. The van der Waals surface area contributed by atoms with Gasteiger partial charge in [0.2, 0.25) is 0 Å². The van der Waals surface area contributed by atoms with E-state index in [0.29, 0.717) is 16.1 Å². The van der Waals surface area contributed by atoms with Crippen LogP contribution in [0.4, 0.5) is 0 Å². The normalized spacial score (nSPS) is 12.5. The molecule has 2 aromatic heterocycles. The molecular formula is C18H15ClN2O3S2. The fourth-order valence-electron chi connectivity index (χ4n) is 2.46. The summed E-state index contributed by atoms with van der Waals surface area (Å²) in [5.74, 6) is -0.425. The summed E-state index contributed by atoms with van der Waals surface area (Å²) in [7, 11) is -3.67. The van der Waals surface area contributed by atoms with Gasteiger partial charge in [-0.15, -0.1) is 11.3 Å². The number of carbonyl (C=O) groups excluding carboxylic acids is 1. The molecule has 1 N–H and O–H groups in total. The van der Waals surface area contributed by atoms with Crippen LogP contribution in [0.5, 0.6) is 0 Å². The van der Waals surface area contributed by atoms with E-state index < -0.39 is 21.0 Å². The first-order chi connectivity index (χ1) is 12.5. The van der Waals surface area contributed by atoms with Gasteiger partial charge in [-0.2, -0.15) is 0 Å². The molecule has 3 aromatic rings. The van der Waals surface area contributed by atoms with Crippen molar-refractivity contribution in [3.63, 3.8) is 0 Å². The first-order valence-corrected chi connectivity index (χ1v) is 10.5. The lowest BCUT2D eigenvalue weighted by atomic mass is 10.2. The highest BCUT2D eigenvalue weighted by molar-refractivity contribution is 7.93. The molecule has 1 amide bonds. The van der Waals surface area contributed by atoms with E-state index in [1.54, 1.807) is 60.1 Å². The quantitative estimate of drug-likeness (QED) is 0.676. The number of halogens is 1. The zero-order valence-corrected chi connectivity index (χ0v) is 15.9. The van der Waals surface area contributed by atoms with Gasteiger partial charge in [0.15, 0.2) is 9.84 Å². The molecule has 134 valence electrons. The minimum Gasteiger partial charge on any atom is -0.350 e. The highest BCUT2D eigenvalue weighted by atomic mass is 35.5. The number of pyridine rings is 1. The number of thiophene rings is 1. The molecule has 2 heterocycles. The maximum atomic E-state index is 13.0. The lowest BCUT2D eigenvalue weighted by Crippen LogP contribution is -2.32. The Kier molecular flexibility index (Phi) is 5.70. The first kappa shape index (κ1) is 18.6. The van der Waals surface area contributed by atoms with E-state index in [2.05, 4.69) is 10.3 Å². The first-order valence-electron chi connectivity index (χ1n) is 7.70. The molecule has 3 rings (SSSR count). The third kappa shape index (κ3) is 3.95. The van der Waals surface area contributed by atoms with E-state index in [-0.39, 0.29) is 10.8 Å². The molecule has 1 aromatic carbocycles. The van der Waals surface area contributed by atoms with Crippen LogP contribution in [0.15, 0.2) is 70.5 Å². The van der Waals surface area contributed by atoms with Crippen LogP contribution in [-0.2, 0) is 9.84 Å². The van der Waals surface area contributed by atoms with Crippen LogP contribution in [0.1, 0.15) is 21.2 Å². The largest absolute Gasteiger partial charge is 0.350 e. The number of hydrogen-bond acceptors (Lipinski definition) is 5. The molecule has 0 bridgehead atoms. The fraction of sp³-hybridized carbons (Fsp3) is 0.111. The number of rotatable bonds is 6. The average Bonchev–Trinajstić information content (AvgIpc) is 3.18. The predicted octanol–water partition coefficient (Wildman–Crippen LogP) is 3.74. The number of nitrogens with zero attached hydrogens (tertiary/aromatic N) is 1. The van der Waals surface area contributed by atoms with Gasteiger partial charge in [0.1, 0.15) is 9.46 Å². The minimum atomic E-state index is -3.67. The van der Waals surface area contributed by atoms with Crippen molar-refractivity contribution < 1.29 is 13.2 Å². The van der Waals surface area contributed by atoms with Crippen LogP contribution in [0.25, 0.3) is 0 Å². The molecule has 0 spiro atoms. The molecule has 0 aliphatic heterocycles. The Morgan fingerprint density at radius 3 is 2.62 bits per heavy atom. The average molecular weight is 407 g/mol. The molecular weight excluding hydrogens is 392 g/mol. The van der Waals surface area contributed by atoms with Gasteiger partial charge in [0.25, 0.3) is 5.91 Å². The Morgan fingerprint density at radius 1 is 1.15 bits per heavy atom. The van der Waals surface area contributed by atoms with Gasteiger partial charge in [-0.05, 0) is 35.2 Å². The predicted molar refractivity (Wildman–Crippen MR) is 102 cm³/mol. The standard InChI is InChI=1S/C18H15ClN2O3S2/c19-15-7-2-1-6-14(15)18(22)21-12-16(13-5-3-9-20-11-13)26(23,24)17-8-4-10-25-17/h1-11,16H,12H2,(H,21,22)/t16-/m0/s1. The highest BCUT2D eigenvalue weighted by Crippen LogP contribution is 2.31. The van der Waals surface area contributed by atoms with Crippen LogP contribution in [0, 0.1) is 0 Å². The Hall–Kier alpha value is -2.22. The van der Waals surface area contributed by atoms with Crippen LogP contribution < -0.4 is 5.32 Å². The topological polar surface area (TPSA) is 76.1 Å². The molecule has 0 fully saturated rings. The Morgan fingerprint density at radius 2 is 1.96 bits per heavy atom. The van der Waals surface area contributed by atoms with Crippen molar-refractivity contribution in [2.75, 3.05) is 6.54 Å². The van der Waals surface area contributed by atoms with Crippen molar-refractivity contribution in [2.45, 2.75) is 9.46 Å². The molecule has 26 heavy (non-hydrogen) atoms. The van der Waals surface area contributed by atoms with Crippen molar-refractivity contribution in [3.8, 4) is 0 Å². The highest BCUT2D eigenvalue weighted by Gasteiger charge is 2.30. The lowest BCUT2D eigenvalue weighted by Gasteiger charge is -2.18. The van der Waals surface area contributed by atoms with Crippen LogP contribution >= 0.6 is 22.9 Å². The van der Waals surface area contributed by atoms with E-state index in [9.17, 15) is 13.2 Å². The van der Waals surface area contributed by atoms with E-state index in [4.69, 9.17) is 11.6 Å². The molecule has 0 saturated heterocycles. The number of aromatic nitrogens is 1. The summed E-state index contributed by atoms with van der Waals surface area (Å²) in [6.07, 6.45) is 3.07. The molecule has 0 saturated carbocycles. The summed E-state index contributed by atoms with van der Waals surface area (Å²) in [5, 5.41) is 3.75. The fourth-order valence-corrected chi connectivity index (χ4v) is 5.54. The van der Waals surface area contributed by atoms with Gasteiger partial charge in [-0.3, -0.25) is 9.78 Å².